The van der Waals surface area contributed by atoms with E-state index in [2.05, 4.69) is 37.8 Å². The molecule has 2 fully saturated rings. The van der Waals surface area contributed by atoms with Gasteiger partial charge in [0.1, 0.15) is 0 Å². The summed E-state index contributed by atoms with van der Waals surface area (Å²) in [5.41, 5.74) is 1.72. The number of aliphatic hydroxyl groups is 1. The van der Waals surface area contributed by atoms with Crippen LogP contribution in [-0.2, 0) is 13.1 Å². The van der Waals surface area contributed by atoms with Crippen LogP contribution in [0.5, 0.6) is 0 Å². The Morgan fingerprint density at radius 2 is 1.85 bits per heavy atom. The van der Waals surface area contributed by atoms with E-state index >= 15 is 0 Å². The van der Waals surface area contributed by atoms with E-state index in [9.17, 15) is 5.11 Å². The van der Waals surface area contributed by atoms with Gasteiger partial charge in [-0.2, -0.15) is 0 Å². The Labute approximate surface area is 153 Å². The molecule has 2 bridgehead atoms. The van der Waals surface area contributed by atoms with Crippen molar-refractivity contribution in [2.45, 2.75) is 56.5 Å². The number of aromatic nitrogens is 3. The van der Waals surface area contributed by atoms with E-state index in [-0.39, 0.29) is 0 Å². The summed E-state index contributed by atoms with van der Waals surface area (Å²) in [5.74, 6) is 0. The zero-order chi connectivity index (χ0) is 17.6. The van der Waals surface area contributed by atoms with Crippen molar-refractivity contribution in [1.82, 2.24) is 19.4 Å². The monoisotopic (exact) mass is 348 g/mol. The lowest BCUT2D eigenvalue weighted by atomic mass is 9.85. The second-order valence-corrected chi connectivity index (χ2v) is 7.93. The smallest absolute Gasteiger partial charge is 0.0855 e. The first-order valence-electron chi connectivity index (χ1n) is 9.46. The summed E-state index contributed by atoms with van der Waals surface area (Å²) in [4.78, 5) is 11.1. The van der Waals surface area contributed by atoms with Crippen LogP contribution in [0.2, 0.25) is 0 Å². The summed E-state index contributed by atoms with van der Waals surface area (Å²) in [6, 6.07) is 9.19. The van der Waals surface area contributed by atoms with Gasteiger partial charge < -0.3 is 9.67 Å². The molecule has 5 heterocycles. The first-order chi connectivity index (χ1) is 12.7. The van der Waals surface area contributed by atoms with Crippen molar-refractivity contribution in [3.8, 4) is 0 Å². The molecule has 26 heavy (non-hydrogen) atoms. The van der Waals surface area contributed by atoms with Gasteiger partial charge in [0.15, 0.2) is 0 Å². The van der Waals surface area contributed by atoms with E-state index in [0.29, 0.717) is 18.6 Å². The summed E-state index contributed by atoms with van der Waals surface area (Å²) in [5, 5.41) is 12.6. The van der Waals surface area contributed by atoms with Crippen LogP contribution in [-0.4, -0.2) is 42.2 Å². The van der Waals surface area contributed by atoms with Gasteiger partial charge in [0.25, 0.3) is 0 Å². The molecule has 3 aromatic heterocycles. The van der Waals surface area contributed by atoms with Crippen molar-refractivity contribution in [2.24, 2.45) is 0 Å². The molecule has 3 aromatic rings. The maximum Gasteiger partial charge on any atom is 0.0855 e. The van der Waals surface area contributed by atoms with Crippen LogP contribution in [0.25, 0.3) is 10.9 Å². The molecule has 5 rings (SSSR count). The Bertz CT molecular complexity index is 893. The third-order valence-electron chi connectivity index (χ3n) is 6.13. The van der Waals surface area contributed by atoms with E-state index in [1.807, 2.05) is 36.9 Å². The second-order valence-electron chi connectivity index (χ2n) is 7.93. The SMILES string of the molecule is OC1(Cn2ccc3ccncc32)C[C@H]2CC[C@H](C1)N2Cc1cccnc1. The number of fused-ring (bicyclic) bond motifs is 3. The highest BCUT2D eigenvalue weighted by atomic mass is 16.3. The molecule has 134 valence electrons. The van der Waals surface area contributed by atoms with Gasteiger partial charge in [-0.15, -0.1) is 0 Å². The van der Waals surface area contributed by atoms with Gasteiger partial charge in [0.2, 0.25) is 0 Å². The lowest BCUT2D eigenvalue weighted by Gasteiger charge is -2.44. The maximum absolute atomic E-state index is 11.4. The molecule has 2 aliphatic rings. The van der Waals surface area contributed by atoms with Crippen LogP contribution in [0.3, 0.4) is 0 Å². The van der Waals surface area contributed by atoms with E-state index in [4.69, 9.17) is 0 Å². The number of pyridine rings is 2. The van der Waals surface area contributed by atoms with E-state index in [0.717, 1.165) is 24.9 Å². The van der Waals surface area contributed by atoms with Gasteiger partial charge in [-0.3, -0.25) is 14.9 Å². The molecule has 2 atom stereocenters. The molecule has 0 radical (unpaired) electrons. The van der Waals surface area contributed by atoms with Crippen molar-refractivity contribution in [3.05, 3.63) is 60.8 Å². The summed E-state index contributed by atoms with van der Waals surface area (Å²) in [7, 11) is 0. The summed E-state index contributed by atoms with van der Waals surface area (Å²) < 4.78 is 2.17. The zero-order valence-electron chi connectivity index (χ0n) is 14.8. The van der Waals surface area contributed by atoms with E-state index in [1.54, 1.807) is 0 Å². The topological polar surface area (TPSA) is 54.2 Å². The Morgan fingerprint density at radius 3 is 2.62 bits per heavy atom. The minimum absolute atomic E-state index is 0.457. The number of rotatable bonds is 4. The highest BCUT2D eigenvalue weighted by molar-refractivity contribution is 5.78. The Kier molecular flexibility index (Phi) is 3.80. The van der Waals surface area contributed by atoms with Gasteiger partial charge in [0, 0.05) is 48.8 Å². The molecule has 0 saturated carbocycles. The fraction of sp³-hybridized carbons (Fsp3) is 0.429. The average Bonchev–Trinajstić information content (AvgIpc) is 3.15. The molecular formula is C21H24N4O. The summed E-state index contributed by atoms with van der Waals surface area (Å²) in [6.07, 6.45) is 13.6. The van der Waals surface area contributed by atoms with Gasteiger partial charge in [0.05, 0.1) is 23.9 Å². The van der Waals surface area contributed by atoms with Crippen LogP contribution in [0, 0.1) is 0 Å². The van der Waals surface area contributed by atoms with Crippen molar-refractivity contribution in [1.29, 1.82) is 0 Å². The maximum atomic E-state index is 11.4. The third-order valence-corrected chi connectivity index (χ3v) is 6.13. The average molecular weight is 348 g/mol. The molecule has 0 spiro atoms. The van der Waals surface area contributed by atoms with Gasteiger partial charge >= 0.3 is 0 Å². The predicted molar refractivity (Wildman–Crippen MR) is 101 cm³/mol. The van der Waals surface area contributed by atoms with Crippen molar-refractivity contribution >= 4 is 10.9 Å². The number of nitrogens with zero attached hydrogens (tertiary/aromatic N) is 4. The van der Waals surface area contributed by atoms with E-state index in [1.165, 1.54) is 23.8 Å². The normalized spacial score (nSPS) is 28.7. The standard InChI is InChI=1S/C21H24N4O/c26-21(15-24-9-6-17-5-8-23-13-20(17)24)10-18-3-4-19(11-21)25(18)14-16-2-1-7-22-12-16/h1-2,5-9,12-13,18-19,26H,3-4,10-11,14-15H2/t18-,19-/m1/s1. The lowest BCUT2D eigenvalue weighted by Crippen LogP contribution is -2.52. The quantitative estimate of drug-likeness (QED) is 0.787. The number of hydrogen-bond donors (Lipinski definition) is 1. The Balaban J connectivity index is 1.35. The molecule has 0 amide bonds. The first-order valence-corrected chi connectivity index (χ1v) is 9.46. The van der Waals surface area contributed by atoms with Crippen LogP contribution < -0.4 is 0 Å². The van der Waals surface area contributed by atoms with Crippen LogP contribution >= 0.6 is 0 Å². The minimum Gasteiger partial charge on any atom is -0.388 e. The second kappa shape index (κ2) is 6.18. The predicted octanol–water partition coefficient (Wildman–Crippen LogP) is 2.99. The first kappa shape index (κ1) is 16.0. The fourth-order valence-corrected chi connectivity index (χ4v) is 4.99. The lowest BCUT2D eigenvalue weighted by molar-refractivity contribution is -0.0644. The molecule has 2 aliphatic heterocycles. The summed E-state index contributed by atoms with van der Waals surface area (Å²) >= 11 is 0. The molecule has 0 aromatic carbocycles. The van der Waals surface area contributed by atoms with Crippen molar-refractivity contribution in [2.75, 3.05) is 0 Å². The molecule has 5 nitrogen and oxygen atoms in total. The largest absolute Gasteiger partial charge is 0.388 e. The molecule has 1 N–H and O–H groups in total. The zero-order valence-corrected chi connectivity index (χ0v) is 14.8. The van der Waals surface area contributed by atoms with Gasteiger partial charge in [-0.05, 0) is 49.4 Å². The number of piperidine rings is 1. The minimum atomic E-state index is -0.640. The summed E-state index contributed by atoms with van der Waals surface area (Å²) in [6.45, 7) is 1.59. The molecule has 2 saturated heterocycles. The Morgan fingerprint density at radius 1 is 1.04 bits per heavy atom. The molecule has 0 unspecified atom stereocenters. The van der Waals surface area contributed by atoms with Crippen molar-refractivity contribution in [3.63, 3.8) is 0 Å². The van der Waals surface area contributed by atoms with Crippen molar-refractivity contribution < 1.29 is 5.11 Å². The Hall–Kier alpha value is -2.24. The highest BCUT2D eigenvalue weighted by Gasteiger charge is 2.47. The van der Waals surface area contributed by atoms with Gasteiger partial charge in [-0.1, -0.05) is 6.07 Å². The van der Waals surface area contributed by atoms with Crippen LogP contribution in [0.4, 0.5) is 0 Å². The molecule has 0 aliphatic carbocycles. The third kappa shape index (κ3) is 2.81. The van der Waals surface area contributed by atoms with Gasteiger partial charge in [-0.25, -0.2) is 0 Å². The molecule has 5 heteroatoms. The van der Waals surface area contributed by atoms with Crippen LogP contribution in [0.15, 0.2) is 55.2 Å². The van der Waals surface area contributed by atoms with Crippen LogP contribution in [0.1, 0.15) is 31.2 Å². The molecular weight excluding hydrogens is 324 g/mol. The fourth-order valence-electron chi connectivity index (χ4n) is 4.99. The highest BCUT2D eigenvalue weighted by Crippen LogP contribution is 2.42. The van der Waals surface area contributed by atoms with E-state index < -0.39 is 5.60 Å². The number of hydrogen-bond acceptors (Lipinski definition) is 4.